The van der Waals surface area contributed by atoms with Gasteiger partial charge in [-0.25, -0.2) is 9.37 Å². The second-order valence-electron chi connectivity index (χ2n) is 7.47. The van der Waals surface area contributed by atoms with E-state index in [1.54, 1.807) is 19.2 Å². The van der Waals surface area contributed by atoms with Gasteiger partial charge in [0.15, 0.2) is 5.96 Å². The highest BCUT2D eigenvalue weighted by molar-refractivity contribution is 14.0. The number of pyridine rings is 1. The van der Waals surface area contributed by atoms with Gasteiger partial charge in [0.1, 0.15) is 23.5 Å². The summed E-state index contributed by atoms with van der Waals surface area (Å²) in [5, 5.41) is 6.61. The maximum atomic E-state index is 13.3. The Morgan fingerprint density at radius 1 is 1.19 bits per heavy atom. The Morgan fingerprint density at radius 3 is 2.68 bits per heavy atom. The molecule has 1 aliphatic rings. The number of rotatable bonds is 7. The highest BCUT2D eigenvalue weighted by Crippen LogP contribution is 2.18. The number of nitrogens with one attached hydrogen (secondary N) is 2. The maximum absolute atomic E-state index is 13.3. The molecule has 170 valence electrons. The summed E-state index contributed by atoms with van der Waals surface area (Å²) in [6.07, 6.45) is 1.69. The molecular formula is C22H32FIN6O. The zero-order valence-electron chi connectivity index (χ0n) is 18.3. The van der Waals surface area contributed by atoms with Crippen LogP contribution in [0, 0.1) is 5.82 Å². The Kier molecular flexibility index (Phi) is 10.3. The second kappa shape index (κ2) is 12.7. The van der Waals surface area contributed by atoms with Crippen LogP contribution in [0.25, 0.3) is 0 Å². The molecule has 2 heterocycles. The molecule has 7 nitrogen and oxygen atoms in total. The van der Waals surface area contributed by atoms with E-state index in [9.17, 15) is 4.39 Å². The van der Waals surface area contributed by atoms with Gasteiger partial charge in [-0.2, -0.15) is 0 Å². The molecule has 3 rings (SSSR count). The molecule has 2 N–H and O–H groups in total. The van der Waals surface area contributed by atoms with Crippen molar-refractivity contribution in [1.82, 2.24) is 20.5 Å². The third kappa shape index (κ3) is 7.80. The van der Waals surface area contributed by atoms with Gasteiger partial charge in [0, 0.05) is 57.6 Å². The second-order valence-corrected chi connectivity index (χ2v) is 7.47. The van der Waals surface area contributed by atoms with E-state index in [1.165, 1.54) is 12.1 Å². The van der Waals surface area contributed by atoms with Gasteiger partial charge in [0.25, 0.3) is 0 Å². The topological polar surface area (TPSA) is 65.0 Å². The number of benzene rings is 1. The van der Waals surface area contributed by atoms with Crippen molar-refractivity contribution in [3.63, 3.8) is 0 Å². The summed E-state index contributed by atoms with van der Waals surface area (Å²) in [6.45, 7) is 7.11. The highest BCUT2D eigenvalue weighted by Gasteiger charge is 2.18. The fourth-order valence-electron chi connectivity index (χ4n) is 3.33. The monoisotopic (exact) mass is 542 g/mol. The predicted octanol–water partition coefficient (Wildman–Crippen LogP) is 2.72. The normalized spacial score (nSPS) is 15.7. The number of ether oxygens (including phenoxy) is 1. The van der Waals surface area contributed by atoms with E-state index in [0.29, 0.717) is 24.8 Å². The maximum Gasteiger partial charge on any atom is 0.191 e. The summed E-state index contributed by atoms with van der Waals surface area (Å²) in [6, 6.07) is 10.2. The first-order chi connectivity index (χ1) is 14.5. The minimum Gasteiger partial charge on any atom is -0.489 e. The molecule has 0 saturated carbocycles. The Bertz CT molecular complexity index is 844. The number of nitrogens with zero attached hydrogens (tertiary/aromatic N) is 4. The third-order valence-corrected chi connectivity index (χ3v) is 5.03. The highest BCUT2D eigenvalue weighted by atomic mass is 127. The average Bonchev–Trinajstić information content (AvgIpc) is 2.75. The molecule has 1 saturated heterocycles. The number of piperazine rings is 1. The summed E-state index contributed by atoms with van der Waals surface area (Å²) < 4.78 is 19.1. The number of halogens is 2. The standard InChI is InChI=1S/C22H31FN6O.HI/c1-17(30-20-8-4-7-19(23)14-20)15-26-22(24-2)27-16-18-6-5-9-25-21(18)29-12-10-28(3)11-13-29;/h4-9,14,17H,10-13,15-16H2,1-3H3,(H2,24,26,27);1H. The fourth-order valence-corrected chi connectivity index (χ4v) is 3.33. The minimum absolute atomic E-state index is 0. The third-order valence-electron chi connectivity index (χ3n) is 5.03. The summed E-state index contributed by atoms with van der Waals surface area (Å²) in [5.41, 5.74) is 1.13. The molecule has 31 heavy (non-hydrogen) atoms. The molecule has 2 aromatic rings. The molecule has 1 aromatic carbocycles. The Labute approximate surface area is 201 Å². The quantitative estimate of drug-likeness (QED) is 0.319. The first-order valence-corrected chi connectivity index (χ1v) is 10.3. The Balaban J connectivity index is 0.00000341. The van der Waals surface area contributed by atoms with Crippen molar-refractivity contribution in [3.8, 4) is 5.75 Å². The van der Waals surface area contributed by atoms with Crippen LogP contribution in [0.15, 0.2) is 47.6 Å². The molecule has 1 atom stereocenters. The average molecular weight is 542 g/mol. The zero-order chi connectivity index (χ0) is 21.3. The fraction of sp³-hybridized carbons (Fsp3) is 0.455. The van der Waals surface area contributed by atoms with E-state index in [0.717, 1.165) is 37.6 Å². The molecule has 0 spiro atoms. The van der Waals surface area contributed by atoms with E-state index in [-0.39, 0.29) is 35.9 Å². The van der Waals surface area contributed by atoms with Crippen molar-refractivity contribution in [2.75, 3.05) is 51.7 Å². The van der Waals surface area contributed by atoms with E-state index in [4.69, 9.17) is 4.74 Å². The summed E-state index contributed by atoms with van der Waals surface area (Å²) in [7, 11) is 3.88. The molecular weight excluding hydrogens is 510 g/mol. The smallest absolute Gasteiger partial charge is 0.191 e. The SMILES string of the molecule is CN=C(NCc1cccnc1N1CCN(C)CC1)NCC(C)Oc1cccc(F)c1.I. The van der Waals surface area contributed by atoms with E-state index in [2.05, 4.69) is 43.5 Å². The van der Waals surface area contributed by atoms with Crippen LogP contribution in [0.5, 0.6) is 5.75 Å². The molecule has 1 aromatic heterocycles. The molecule has 9 heteroatoms. The van der Waals surface area contributed by atoms with Gasteiger partial charge in [-0.05, 0) is 32.2 Å². The van der Waals surface area contributed by atoms with Gasteiger partial charge in [-0.15, -0.1) is 24.0 Å². The van der Waals surface area contributed by atoms with Gasteiger partial charge in [0.05, 0.1) is 6.54 Å². The largest absolute Gasteiger partial charge is 0.489 e. The lowest BCUT2D eigenvalue weighted by Crippen LogP contribution is -2.45. The Hall–Kier alpha value is -2.14. The number of hydrogen-bond acceptors (Lipinski definition) is 5. The minimum atomic E-state index is -0.308. The van der Waals surface area contributed by atoms with Crippen LogP contribution in [-0.4, -0.2) is 68.8 Å². The first-order valence-electron chi connectivity index (χ1n) is 10.3. The zero-order valence-corrected chi connectivity index (χ0v) is 20.7. The van der Waals surface area contributed by atoms with Crippen LogP contribution >= 0.6 is 24.0 Å². The van der Waals surface area contributed by atoms with Crippen LogP contribution in [0.3, 0.4) is 0 Å². The van der Waals surface area contributed by atoms with Crippen molar-refractivity contribution in [3.05, 3.63) is 54.0 Å². The van der Waals surface area contributed by atoms with Crippen LogP contribution in [-0.2, 0) is 6.54 Å². The number of aromatic nitrogens is 1. The molecule has 1 unspecified atom stereocenters. The molecule has 1 aliphatic heterocycles. The lowest BCUT2D eigenvalue weighted by Gasteiger charge is -2.34. The van der Waals surface area contributed by atoms with Gasteiger partial charge >= 0.3 is 0 Å². The van der Waals surface area contributed by atoms with Crippen LogP contribution in [0.2, 0.25) is 0 Å². The van der Waals surface area contributed by atoms with Crippen molar-refractivity contribution in [2.45, 2.75) is 19.6 Å². The van der Waals surface area contributed by atoms with Crippen LogP contribution < -0.4 is 20.3 Å². The van der Waals surface area contributed by atoms with E-state index in [1.807, 2.05) is 19.2 Å². The van der Waals surface area contributed by atoms with Crippen molar-refractivity contribution < 1.29 is 9.13 Å². The number of aliphatic imine (C=N–C) groups is 1. The van der Waals surface area contributed by atoms with Gasteiger partial charge in [0.2, 0.25) is 0 Å². The molecule has 0 amide bonds. The lowest BCUT2D eigenvalue weighted by molar-refractivity contribution is 0.223. The van der Waals surface area contributed by atoms with E-state index >= 15 is 0 Å². The van der Waals surface area contributed by atoms with Gasteiger partial charge < -0.3 is 25.2 Å². The number of guanidine groups is 1. The van der Waals surface area contributed by atoms with Crippen LogP contribution in [0.1, 0.15) is 12.5 Å². The van der Waals surface area contributed by atoms with Gasteiger partial charge in [-0.1, -0.05) is 12.1 Å². The Morgan fingerprint density at radius 2 is 1.97 bits per heavy atom. The van der Waals surface area contributed by atoms with Crippen molar-refractivity contribution >= 4 is 35.8 Å². The molecule has 0 radical (unpaired) electrons. The predicted molar refractivity (Wildman–Crippen MR) is 134 cm³/mol. The number of anilines is 1. The summed E-state index contributed by atoms with van der Waals surface area (Å²) >= 11 is 0. The van der Waals surface area contributed by atoms with Crippen LogP contribution in [0.4, 0.5) is 10.2 Å². The summed E-state index contributed by atoms with van der Waals surface area (Å²) in [4.78, 5) is 13.6. The number of hydrogen-bond donors (Lipinski definition) is 2. The molecule has 1 fully saturated rings. The summed E-state index contributed by atoms with van der Waals surface area (Å²) in [5.74, 6) is 1.91. The van der Waals surface area contributed by atoms with E-state index < -0.39 is 0 Å². The molecule has 0 aliphatic carbocycles. The van der Waals surface area contributed by atoms with Crippen molar-refractivity contribution in [2.24, 2.45) is 4.99 Å². The lowest BCUT2D eigenvalue weighted by atomic mass is 10.2. The molecule has 0 bridgehead atoms. The van der Waals surface area contributed by atoms with Gasteiger partial charge in [-0.3, -0.25) is 4.99 Å². The first kappa shape index (κ1) is 25.1. The van der Waals surface area contributed by atoms with Crippen molar-refractivity contribution in [1.29, 1.82) is 0 Å². The number of likely N-dealkylation sites (N-methyl/N-ethyl adjacent to an activating group) is 1.